The summed E-state index contributed by atoms with van der Waals surface area (Å²) in [4.78, 5) is 36.7. The number of nitrogens with two attached hydrogens (primary N) is 1. The number of nitro benzene ring substituents is 1. The van der Waals surface area contributed by atoms with E-state index < -0.39 is 17.0 Å². The van der Waals surface area contributed by atoms with Gasteiger partial charge in [0.2, 0.25) is 11.8 Å². The van der Waals surface area contributed by atoms with Crippen LogP contribution in [0.15, 0.2) is 24.3 Å². The van der Waals surface area contributed by atoms with Crippen molar-refractivity contribution in [1.82, 2.24) is 4.90 Å². The van der Waals surface area contributed by atoms with Crippen LogP contribution in [0.3, 0.4) is 0 Å². The van der Waals surface area contributed by atoms with Crippen LogP contribution in [0, 0.1) is 16.0 Å². The molecule has 2 amide bonds. The number of benzene rings is 1. The Kier molecular flexibility index (Phi) is 6.08. The summed E-state index contributed by atoms with van der Waals surface area (Å²) in [5.74, 6) is -0.194. The Bertz CT molecular complexity index is 645. The highest BCUT2D eigenvalue weighted by Gasteiger charge is 2.36. The lowest BCUT2D eigenvalue weighted by atomic mass is 10.0. The van der Waals surface area contributed by atoms with E-state index in [1.54, 1.807) is 4.90 Å². The van der Waals surface area contributed by atoms with Crippen molar-refractivity contribution >= 4 is 23.2 Å². The van der Waals surface area contributed by atoms with Crippen molar-refractivity contribution in [1.29, 1.82) is 0 Å². The van der Waals surface area contributed by atoms with E-state index in [0.29, 0.717) is 31.0 Å². The van der Waals surface area contributed by atoms with Crippen LogP contribution in [-0.2, 0) is 9.59 Å². The number of carbonyl (C=O) groups excluding carboxylic acids is 2. The van der Waals surface area contributed by atoms with E-state index in [9.17, 15) is 19.7 Å². The number of hydrogen-bond donors (Lipinski definition) is 2. The number of rotatable bonds is 6. The average Bonchev–Trinajstić information content (AvgIpc) is 3.03. The van der Waals surface area contributed by atoms with E-state index in [4.69, 9.17) is 5.73 Å². The quantitative estimate of drug-likeness (QED) is 0.601. The first-order valence-corrected chi connectivity index (χ1v) is 8.41. The Morgan fingerprint density at radius 3 is 2.56 bits per heavy atom. The van der Waals surface area contributed by atoms with E-state index in [0.717, 1.165) is 6.42 Å². The van der Waals surface area contributed by atoms with Gasteiger partial charge in [-0.3, -0.25) is 19.7 Å². The van der Waals surface area contributed by atoms with Gasteiger partial charge in [0.15, 0.2) is 0 Å². The smallest absolute Gasteiger partial charge is 0.269 e. The minimum Gasteiger partial charge on any atom is -0.329 e. The molecule has 0 saturated carbocycles. The molecule has 3 N–H and O–H groups in total. The molecule has 1 heterocycles. The molecule has 0 spiro atoms. The van der Waals surface area contributed by atoms with Gasteiger partial charge in [-0.05, 0) is 37.3 Å². The molecular formula is C17H24N4O4. The number of nitro groups is 1. The summed E-state index contributed by atoms with van der Waals surface area (Å²) in [6.07, 6.45) is 1.91. The van der Waals surface area contributed by atoms with Crippen LogP contribution in [0.5, 0.6) is 0 Å². The van der Waals surface area contributed by atoms with Gasteiger partial charge in [0, 0.05) is 24.4 Å². The summed E-state index contributed by atoms with van der Waals surface area (Å²) in [5.41, 5.74) is 6.38. The second-order valence-electron chi connectivity index (χ2n) is 6.72. The van der Waals surface area contributed by atoms with Crippen LogP contribution in [0.4, 0.5) is 11.4 Å². The minimum atomic E-state index is -0.604. The lowest BCUT2D eigenvalue weighted by molar-refractivity contribution is -0.384. The molecule has 1 fully saturated rings. The molecule has 1 aliphatic heterocycles. The van der Waals surface area contributed by atoms with Crippen molar-refractivity contribution in [3.05, 3.63) is 34.4 Å². The molecule has 136 valence electrons. The van der Waals surface area contributed by atoms with Crippen molar-refractivity contribution in [2.75, 3.05) is 11.9 Å². The normalized spacial score (nSPS) is 18.2. The minimum absolute atomic E-state index is 0.0460. The monoisotopic (exact) mass is 348 g/mol. The average molecular weight is 348 g/mol. The predicted octanol–water partition coefficient (Wildman–Crippen LogP) is 1.90. The maximum Gasteiger partial charge on any atom is 0.269 e. The number of non-ortho nitro benzene ring substituents is 1. The van der Waals surface area contributed by atoms with Gasteiger partial charge in [0.25, 0.3) is 5.69 Å². The summed E-state index contributed by atoms with van der Waals surface area (Å²) in [7, 11) is 0. The third kappa shape index (κ3) is 4.76. The highest BCUT2D eigenvalue weighted by atomic mass is 16.6. The molecule has 0 radical (unpaired) electrons. The van der Waals surface area contributed by atoms with E-state index >= 15 is 0 Å². The SMILES string of the molecule is CC(C)C[C@H](N)C(=O)N1CCC[C@H]1C(=O)Nc1ccc([N+](=O)[O-])cc1. The van der Waals surface area contributed by atoms with Crippen molar-refractivity contribution in [2.45, 2.75) is 45.2 Å². The maximum atomic E-state index is 12.5. The lowest BCUT2D eigenvalue weighted by Gasteiger charge is -2.27. The topological polar surface area (TPSA) is 119 Å². The molecule has 1 aliphatic rings. The molecule has 8 heteroatoms. The van der Waals surface area contributed by atoms with E-state index in [1.165, 1.54) is 24.3 Å². The van der Waals surface area contributed by atoms with Gasteiger partial charge in [-0.15, -0.1) is 0 Å². The standard InChI is InChI=1S/C17H24N4O4/c1-11(2)10-14(18)17(23)20-9-3-4-15(20)16(22)19-12-5-7-13(8-6-12)21(24)25/h5-8,11,14-15H,3-4,9-10,18H2,1-2H3,(H,19,22)/t14-,15-/m0/s1. The number of nitrogens with zero attached hydrogens (tertiary/aromatic N) is 2. The molecule has 2 atom stereocenters. The molecule has 25 heavy (non-hydrogen) atoms. The Balaban J connectivity index is 2.02. The maximum absolute atomic E-state index is 12.5. The Labute approximate surface area is 146 Å². The Morgan fingerprint density at radius 2 is 2.00 bits per heavy atom. The van der Waals surface area contributed by atoms with Gasteiger partial charge in [0.1, 0.15) is 6.04 Å². The van der Waals surface area contributed by atoms with Gasteiger partial charge in [-0.2, -0.15) is 0 Å². The van der Waals surface area contributed by atoms with Gasteiger partial charge in [-0.1, -0.05) is 13.8 Å². The van der Waals surface area contributed by atoms with Gasteiger partial charge in [0.05, 0.1) is 11.0 Å². The summed E-state index contributed by atoms with van der Waals surface area (Å²) in [5, 5.41) is 13.4. The Morgan fingerprint density at radius 1 is 1.36 bits per heavy atom. The van der Waals surface area contributed by atoms with Crippen LogP contribution in [-0.4, -0.2) is 40.3 Å². The highest BCUT2D eigenvalue weighted by molar-refractivity contribution is 5.98. The molecule has 0 aromatic heterocycles. The zero-order valence-corrected chi connectivity index (χ0v) is 14.5. The zero-order chi connectivity index (χ0) is 18.6. The fourth-order valence-corrected chi connectivity index (χ4v) is 3.02. The third-order valence-electron chi connectivity index (χ3n) is 4.23. The molecule has 0 aliphatic carbocycles. The van der Waals surface area contributed by atoms with Crippen LogP contribution in [0.1, 0.15) is 33.1 Å². The third-order valence-corrected chi connectivity index (χ3v) is 4.23. The first-order chi connectivity index (χ1) is 11.8. The van der Waals surface area contributed by atoms with Crippen LogP contribution < -0.4 is 11.1 Å². The lowest BCUT2D eigenvalue weighted by Crippen LogP contribution is -2.50. The number of amides is 2. The molecule has 0 unspecified atom stereocenters. The second kappa shape index (κ2) is 8.06. The molecular weight excluding hydrogens is 324 g/mol. The fraction of sp³-hybridized carbons (Fsp3) is 0.529. The zero-order valence-electron chi connectivity index (χ0n) is 14.5. The largest absolute Gasteiger partial charge is 0.329 e. The molecule has 1 aromatic rings. The van der Waals surface area contributed by atoms with Gasteiger partial charge < -0.3 is 16.0 Å². The molecule has 1 aromatic carbocycles. The highest BCUT2D eigenvalue weighted by Crippen LogP contribution is 2.22. The van der Waals surface area contributed by atoms with Gasteiger partial charge in [-0.25, -0.2) is 0 Å². The number of carbonyl (C=O) groups is 2. The van der Waals surface area contributed by atoms with Crippen LogP contribution >= 0.6 is 0 Å². The summed E-state index contributed by atoms with van der Waals surface area (Å²) >= 11 is 0. The van der Waals surface area contributed by atoms with Crippen LogP contribution in [0.2, 0.25) is 0 Å². The van der Waals surface area contributed by atoms with Crippen molar-refractivity contribution in [3.8, 4) is 0 Å². The fourth-order valence-electron chi connectivity index (χ4n) is 3.02. The summed E-state index contributed by atoms with van der Waals surface area (Å²) in [6, 6.07) is 4.44. The number of nitrogens with one attached hydrogen (secondary N) is 1. The first-order valence-electron chi connectivity index (χ1n) is 8.41. The number of hydrogen-bond acceptors (Lipinski definition) is 5. The molecule has 8 nitrogen and oxygen atoms in total. The van der Waals surface area contributed by atoms with E-state index in [2.05, 4.69) is 5.32 Å². The van der Waals surface area contributed by atoms with Gasteiger partial charge >= 0.3 is 0 Å². The summed E-state index contributed by atoms with van der Waals surface area (Å²) < 4.78 is 0. The first kappa shape index (κ1) is 18.9. The van der Waals surface area contributed by atoms with Crippen molar-refractivity contribution < 1.29 is 14.5 Å². The molecule has 0 bridgehead atoms. The Hall–Kier alpha value is -2.48. The van der Waals surface area contributed by atoms with E-state index in [1.807, 2.05) is 13.8 Å². The molecule has 1 saturated heterocycles. The predicted molar refractivity (Wildman–Crippen MR) is 93.9 cm³/mol. The van der Waals surface area contributed by atoms with E-state index in [-0.39, 0.29) is 17.5 Å². The second-order valence-corrected chi connectivity index (χ2v) is 6.72. The van der Waals surface area contributed by atoms with Crippen LogP contribution in [0.25, 0.3) is 0 Å². The number of anilines is 1. The number of likely N-dealkylation sites (tertiary alicyclic amines) is 1. The molecule has 2 rings (SSSR count). The summed E-state index contributed by atoms with van der Waals surface area (Å²) in [6.45, 7) is 4.51. The van der Waals surface area contributed by atoms with Crippen molar-refractivity contribution in [2.24, 2.45) is 11.7 Å². The van der Waals surface area contributed by atoms with Crippen molar-refractivity contribution in [3.63, 3.8) is 0 Å².